The predicted octanol–water partition coefficient (Wildman–Crippen LogP) is 2.01. The second kappa shape index (κ2) is 5.79. The van der Waals surface area contributed by atoms with Gasteiger partial charge in [0.2, 0.25) is 0 Å². The van der Waals surface area contributed by atoms with E-state index >= 15 is 0 Å². The normalized spacial score (nSPS) is 10.0. The van der Waals surface area contributed by atoms with Crippen molar-refractivity contribution in [2.75, 3.05) is 5.32 Å². The lowest BCUT2D eigenvalue weighted by Gasteiger charge is -2.09. The van der Waals surface area contributed by atoms with Crippen molar-refractivity contribution in [1.29, 1.82) is 0 Å². The van der Waals surface area contributed by atoms with Gasteiger partial charge in [0.1, 0.15) is 5.56 Å². The molecule has 2 rings (SSSR count). The van der Waals surface area contributed by atoms with Crippen molar-refractivity contribution in [2.45, 2.75) is 6.54 Å². The van der Waals surface area contributed by atoms with Crippen LogP contribution in [0.2, 0.25) is 0 Å². The summed E-state index contributed by atoms with van der Waals surface area (Å²) >= 11 is 0. The zero-order valence-corrected chi connectivity index (χ0v) is 10.3. The first kappa shape index (κ1) is 13.5. The zero-order chi connectivity index (χ0) is 14.5. The van der Waals surface area contributed by atoms with Crippen LogP contribution >= 0.6 is 0 Å². The molecular formula is C13H12N2O5. The molecule has 2 aromatic rings. The van der Waals surface area contributed by atoms with E-state index < -0.39 is 17.7 Å². The van der Waals surface area contributed by atoms with E-state index in [0.29, 0.717) is 0 Å². The van der Waals surface area contributed by atoms with Crippen LogP contribution in [0.3, 0.4) is 0 Å². The first-order valence-electron chi connectivity index (χ1n) is 5.69. The standard InChI is InChI=1S/C13H12N2O5/c16-11-9(12(17)18)2-1-3-10(11)15-13(19)14-6-8-4-5-20-7-8/h1-5,7,16H,6H2,(H,17,18)(H2,14,15,19). The van der Waals surface area contributed by atoms with E-state index in [1.807, 2.05) is 0 Å². The van der Waals surface area contributed by atoms with E-state index in [9.17, 15) is 14.7 Å². The van der Waals surface area contributed by atoms with Crippen molar-refractivity contribution >= 4 is 17.7 Å². The molecule has 7 heteroatoms. The number of para-hydroxylation sites is 1. The van der Waals surface area contributed by atoms with Gasteiger partial charge in [-0.1, -0.05) is 6.07 Å². The molecule has 104 valence electrons. The molecule has 0 radical (unpaired) electrons. The van der Waals surface area contributed by atoms with Gasteiger partial charge in [0.15, 0.2) is 5.75 Å². The summed E-state index contributed by atoms with van der Waals surface area (Å²) in [6, 6.07) is 5.20. The minimum Gasteiger partial charge on any atom is -0.505 e. The van der Waals surface area contributed by atoms with Gasteiger partial charge in [-0.05, 0) is 18.2 Å². The number of carbonyl (C=O) groups is 2. The van der Waals surface area contributed by atoms with Crippen molar-refractivity contribution in [3.63, 3.8) is 0 Å². The molecule has 0 aliphatic rings. The fourth-order valence-corrected chi connectivity index (χ4v) is 1.56. The summed E-state index contributed by atoms with van der Waals surface area (Å²) < 4.78 is 4.85. The minimum absolute atomic E-state index is 0.0228. The number of aromatic hydroxyl groups is 1. The Balaban J connectivity index is 2.01. The molecular weight excluding hydrogens is 264 g/mol. The molecule has 1 aromatic carbocycles. The molecule has 0 saturated carbocycles. The summed E-state index contributed by atoms with van der Waals surface area (Å²) in [4.78, 5) is 22.5. The number of carbonyl (C=O) groups excluding carboxylic acids is 1. The van der Waals surface area contributed by atoms with Crippen molar-refractivity contribution in [1.82, 2.24) is 5.32 Å². The summed E-state index contributed by atoms with van der Waals surface area (Å²) in [5, 5.41) is 23.5. The van der Waals surface area contributed by atoms with Gasteiger partial charge < -0.3 is 25.3 Å². The number of urea groups is 1. The largest absolute Gasteiger partial charge is 0.505 e. The van der Waals surface area contributed by atoms with Crippen LogP contribution in [-0.4, -0.2) is 22.2 Å². The zero-order valence-electron chi connectivity index (χ0n) is 10.3. The van der Waals surface area contributed by atoms with Gasteiger partial charge in [0.25, 0.3) is 0 Å². The molecule has 0 fully saturated rings. The molecule has 1 aromatic heterocycles. The molecule has 1 heterocycles. The fourth-order valence-electron chi connectivity index (χ4n) is 1.56. The molecule has 0 unspecified atom stereocenters. The topological polar surface area (TPSA) is 112 Å². The van der Waals surface area contributed by atoms with Crippen LogP contribution in [0.4, 0.5) is 10.5 Å². The van der Waals surface area contributed by atoms with Gasteiger partial charge in [-0.3, -0.25) is 0 Å². The third kappa shape index (κ3) is 3.08. The summed E-state index contributed by atoms with van der Waals surface area (Å²) in [5.74, 6) is -1.76. The van der Waals surface area contributed by atoms with Crippen LogP contribution in [0, 0.1) is 0 Å². The number of aromatic carboxylic acids is 1. The molecule has 20 heavy (non-hydrogen) atoms. The van der Waals surface area contributed by atoms with Crippen LogP contribution in [0.5, 0.6) is 5.75 Å². The average Bonchev–Trinajstić information content (AvgIpc) is 2.91. The number of hydrogen-bond donors (Lipinski definition) is 4. The van der Waals surface area contributed by atoms with E-state index in [2.05, 4.69) is 10.6 Å². The predicted molar refractivity (Wildman–Crippen MR) is 69.6 cm³/mol. The monoisotopic (exact) mass is 276 g/mol. The van der Waals surface area contributed by atoms with Crippen molar-refractivity contribution < 1.29 is 24.2 Å². The number of benzene rings is 1. The quantitative estimate of drug-likeness (QED) is 0.638. The Kier molecular flexibility index (Phi) is 3.90. The number of carboxylic acids is 1. The smallest absolute Gasteiger partial charge is 0.339 e. The van der Waals surface area contributed by atoms with Crippen LogP contribution in [0.1, 0.15) is 15.9 Å². The lowest BCUT2D eigenvalue weighted by Crippen LogP contribution is -2.28. The second-order valence-corrected chi connectivity index (χ2v) is 3.95. The Morgan fingerprint density at radius 3 is 2.70 bits per heavy atom. The summed E-state index contributed by atoms with van der Waals surface area (Å²) in [6.07, 6.45) is 2.97. The lowest BCUT2D eigenvalue weighted by atomic mass is 10.1. The van der Waals surface area contributed by atoms with Crippen LogP contribution in [-0.2, 0) is 6.54 Å². The average molecular weight is 276 g/mol. The van der Waals surface area contributed by atoms with Crippen LogP contribution < -0.4 is 10.6 Å². The van der Waals surface area contributed by atoms with Crippen molar-refractivity contribution in [3.8, 4) is 5.75 Å². The van der Waals surface area contributed by atoms with E-state index in [1.54, 1.807) is 6.07 Å². The Morgan fingerprint density at radius 1 is 1.25 bits per heavy atom. The summed E-state index contributed by atoms with van der Waals surface area (Å²) in [7, 11) is 0. The minimum atomic E-state index is -1.27. The highest BCUT2D eigenvalue weighted by atomic mass is 16.4. The Bertz CT molecular complexity index is 622. The van der Waals surface area contributed by atoms with Gasteiger partial charge >= 0.3 is 12.0 Å². The SMILES string of the molecule is O=C(NCc1ccoc1)Nc1cccc(C(=O)O)c1O. The van der Waals surface area contributed by atoms with Crippen LogP contribution in [0.15, 0.2) is 41.2 Å². The summed E-state index contributed by atoms with van der Waals surface area (Å²) in [5.41, 5.74) is 0.524. The first-order valence-corrected chi connectivity index (χ1v) is 5.69. The Morgan fingerprint density at radius 2 is 2.05 bits per heavy atom. The highest BCUT2D eigenvalue weighted by molar-refractivity contribution is 5.97. The van der Waals surface area contributed by atoms with E-state index in [0.717, 1.165) is 5.56 Å². The third-order valence-electron chi connectivity index (χ3n) is 2.55. The molecule has 0 bridgehead atoms. The van der Waals surface area contributed by atoms with E-state index in [-0.39, 0.29) is 17.8 Å². The molecule has 0 spiro atoms. The van der Waals surface area contributed by atoms with Crippen LogP contribution in [0.25, 0.3) is 0 Å². The maximum atomic E-state index is 11.6. The third-order valence-corrected chi connectivity index (χ3v) is 2.55. The second-order valence-electron chi connectivity index (χ2n) is 3.95. The molecule has 4 N–H and O–H groups in total. The molecule has 0 atom stereocenters. The number of furan rings is 1. The van der Waals surface area contributed by atoms with Crippen molar-refractivity contribution in [2.24, 2.45) is 0 Å². The lowest BCUT2D eigenvalue weighted by molar-refractivity contribution is 0.0693. The molecule has 0 aliphatic heterocycles. The van der Waals surface area contributed by atoms with Gasteiger partial charge in [0, 0.05) is 12.1 Å². The number of nitrogens with one attached hydrogen (secondary N) is 2. The Labute approximate surface area is 113 Å². The molecule has 0 aliphatic carbocycles. The number of anilines is 1. The highest BCUT2D eigenvalue weighted by Crippen LogP contribution is 2.27. The van der Waals surface area contributed by atoms with Gasteiger partial charge in [-0.15, -0.1) is 0 Å². The highest BCUT2D eigenvalue weighted by Gasteiger charge is 2.14. The Hall–Kier alpha value is -2.96. The fraction of sp³-hybridized carbons (Fsp3) is 0.0769. The van der Waals surface area contributed by atoms with E-state index in [4.69, 9.17) is 9.52 Å². The number of hydrogen-bond acceptors (Lipinski definition) is 4. The van der Waals surface area contributed by atoms with E-state index in [1.165, 1.54) is 30.7 Å². The molecule has 2 amide bonds. The van der Waals surface area contributed by atoms with Gasteiger partial charge in [-0.2, -0.15) is 0 Å². The molecule has 0 saturated heterocycles. The number of carboxylic acid groups (broad SMARTS) is 1. The van der Waals surface area contributed by atoms with Crippen molar-refractivity contribution in [3.05, 3.63) is 47.9 Å². The van der Waals surface area contributed by atoms with Gasteiger partial charge in [0.05, 0.1) is 18.2 Å². The maximum Gasteiger partial charge on any atom is 0.339 e. The summed E-state index contributed by atoms with van der Waals surface area (Å²) in [6.45, 7) is 0.252. The van der Waals surface area contributed by atoms with Gasteiger partial charge in [-0.25, -0.2) is 9.59 Å². The molecule has 7 nitrogen and oxygen atoms in total. The number of phenols is 1. The first-order chi connectivity index (χ1) is 9.58. The number of amides is 2. The maximum absolute atomic E-state index is 11.6. The number of rotatable bonds is 4.